The molecule has 0 spiro atoms. The summed E-state index contributed by atoms with van der Waals surface area (Å²) in [4.78, 5) is 40.3. The van der Waals surface area contributed by atoms with Gasteiger partial charge in [0.15, 0.2) is 6.61 Å². The summed E-state index contributed by atoms with van der Waals surface area (Å²) >= 11 is 0. The summed E-state index contributed by atoms with van der Waals surface area (Å²) in [5, 5.41) is 6.39. The van der Waals surface area contributed by atoms with Gasteiger partial charge in [-0.1, -0.05) is 0 Å². The minimum Gasteiger partial charge on any atom is -0.497 e. The van der Waals surface area contributed by atoms with Gasteiger partial charge in [0.25, 0.3) is 11.8 Å². The van der Waals surface area contributed by atoms with E-state index in [0.29, 0.717) is 28.3 Å². The number of carbonyl (C=O) groups excluding carboxylic acids is 3. The van der Waals surface area contributed by atoms with E-state index >= 15 is 0 Å². The normalized spacial score (nSPS) is 10.6. The van der Waals surface area contributed by atoms with Crippen LogP contribution in [0.5, 0.6) is 5.75 Å². The predicted molar refractivity (Wildman–Crippen MR) is 134 cm³/mol. The van der Waals surface area contributed by atoms with Gasteiger partial charge in [-0.2, -0.15) is 0 Å². The van der Waals surface area contributed by atoms with Gasteiger partial charge >= 0.3 is 5.97 Å². The van der Waals surface area contributed by atoms with E-state index in [2.05, 4.69) is 15.6 Å². The fourth-order valence-corrected chi connectivity index (χ4v) is 3.58. The average Bonchev–Trinajstić information content (AvgIpc) is 3.16. The highest BCUT2D eigenvalue weighted by atomic mass is 16.5. The molecule has 0 saturated heterocycles. The van der Waals surface area contributed by atoms with Crippen molar-refractivity contribution in [2.75, 3.05) is 24.4 Å². The number of ether oxygens (including phenoxy) is 2. The summed E-state index contributed by atoms with van der Waals surface area (Å²) in [6.45, 7) is 3.52. The zero-order valence-electron chi connectivity index (χ0n) is 19.6. The molecule has 0 aliphatic heterocycles. The highest BCUT2D eigenvalue weighted by Gasteiger charge is 2.13. The Hall–Kier alpha value is -4.59. The molecule has 0 atom stereocenters. The zero-order chi connectivity index (χ0) is 24.9. The van der Waals surface area contributed by atoms with Crippen LogP contribution in [0.2, 0.25) is 0 Å². The van der Waals surface area contributed by atoms with Crippen molar-refractivity contribution >= 4 is 40.1 Å². The smallest absolute Gasteiger partial charge is 0.338 e. The molecule has 1 heterocycles. The van der Waals surface area contributed by atoms with E-state index in [0.717, 1.165) is 22.2 Å². The first-order chi connectivity index (χ1) is 16.8. The number of fused-ring (bicyclic) bond motifs is 1. The number of nitrogens with one attached hydrogen (secondary N) is 3. The largest absolute Gasteiger partial charge is 0.497 e. The third kappa shape index (κ3) is 5.50. The average molecular weight is 472 g/mol. The van der Waals surface area contributed by atoms with Crippen molar-refractivity contribution in [1.82, 2.24) is 4.98 Å². The van der Waals surface area contributed by atoms with Crippen LogP contribution < -0.4 is 15.4 Å². The third-order valence-electron chi connectivity index (χ3n) is 5.66. The molecule has 178 valence electrons. The SMILES string of the molecule is COc1ccc(NC(=O)c2ccc(NC(=O)COC(=O)c3ccc4[nH]c(C)c(C)c4c3)cc2)cc1. The molecule has 0 unspecified atom stereocenters. The van der Waals surface area contributed by atoms with Crippen molar-refractivity contribution in [3.05, 3.63) is 89.1 Å². The van der Waals surface area contributed by atoms with Crippen molar-refractivity contribution < 1.29 is 23.9 Å². The number of rotatable bonds is 7. The quantitative estimate of drug-likeness (QED) is 0.334. The Morgan fingerprint density at radius 2 is 1.46 bits per heavy atom. The lowest BCUT2D eigenvalue weighted by Crippen LogP contribution is -2.21. The van der Waals surface area contributed by atoms with Gasteiger partial charge in [0.05, 0.1) is 12.7 Å². The fraction of sp³-hybridized carbons (Fsp3) is 0.148. The lowest BCUT2D eigenvalue weighted by atomic mass is 10.1. The zero-order valence-corrected chi connectivity index (χ0v) is 19.6. The van der Waals surface area contributed by atoms with Crippen molar-refractivity contribution in [2.24, 2.45) is 0 Å². The maximum absolute atomic E-state index is 12.4. The monoisotopic (exact) mass is 471 g/mol. The van der Waals surface area contributed by atoms with Gasteiger partial charge in [0.2, 0.25) is 0 Å². The van der Waals surface area contributed by atoms with Crippen molar-refractivity contribution in [3.63, 3.8) is 0 Å². The molecule has 3 N–H and O–H groups in total. The van der Waals surface area contributed by atoms with E-state index in [1.54, 1.807) is 67.8 Å². The van der Waals surface area contributed by atoms with E-state index in [-0.39, 0.29) is 5.91 Å². The second kappa shape index (κ2) is 10.1. The molecule has 8 heteroatoms. The first-order valence-corrected chi connectivity index (χ1v) is 11.0. The van der Waals surface area contributed by atoms with E-state index < -0.39 is 18.5 Å². The summed E-state index contributed by atoms with van der Waals surface area (Å²) in [5.74, 6) is -0.651. The number of hydrogen-bond acceptors (Lipinski definition) is 5. The number of carbonyl (C=O) groups is 3. The minimum absolute atomic E-state index is 0.285. The molecule has 35 heavy (non-hydrogen) atoms. The highest BCUT2D eigenvalue weighted by molar-refractivity contribution is 6.05. The van der Waals surface area contributed by atoms with Gasteiger partial charge < -0.3 is 25.1 Å². The molecule has 4 aromatic rings. The number of H-pyrrole nitrogens is 1. The molecule has 0 radical (unpaired) electrons. The van der Waals surface area contributed by atoms with Crippen LogP contribution >= 0.6 is 0 Å². The molecule has 0 aliphatic carbocycles. The number of benzene rings is 3. The van der Waals surface area contributed by atoms with Gasteiger partial charge in [-0.05, 0) is 86.1 Å². The maximum Gasteiger partial charge on any atom is 0.338 e. The molecule has 2 amide bonds. The van der Waals surface area contributed by atoms with Crippen LogP contribution in [0.4, 0.5) is 11.4 Å². The molecule has 1 aromatic heterocycles. The maximum atomic E-state index is 12.4. The lowest BCUT2D eigenvalue weighted by molar-refractivity contribution is -0.119. The van der Waals surface area contributed by atoms with Crippen molar-refractivity contribution in [3.8, 4) is 5.75 Å². The lowest BCUT2D eigenvalue weighted by Gasteiger charge is -2.09. The minimum atomic E-state index is -0.578. The summed E-state index contributed by atoms with van der Waals surface area (Å²) in [5.41, 5.74) is 4.96. The summed E-state index contributed by atoms with van der Waals surface area (Å²) < 4.78 is 10.3. The number of esters is 1. The molecule has 0 aliphatic rings. The number of hydrogen-bond donors (Lipinski definition) is 3. The number of anilines is 2. The summed E-state index contributed by atoms with van der Waals surface area (Å²) in [7, 11) is 1.57. The van der Waals surface area contributed by atoms with Crippen LogP contribution in [-0.4, -0.2) is 36.5 Å². The molecule has 4 rings (SSSR count). The topological polar surface area (TPSA) is 110 Å². The van der Waals surface area contributed by atoms with E-state index in [1.807, 2.05) is 19.9 Å². The van der Waals surface area contributed by atoms with Gasteiger partial charge in [0.1, 0.15) is 5.75 Å². The van der Waals surface area contributed by atoms with Crippen LogP contribution in [0, 0.1) is 13.8 Å². The molecule has 8 nitrogen and oxygen atoms in total. The number of aromatic nitrogens is 1. The second-order valence-corrected chi connectivity index (χ2v) is 8.02. The van der Waals surface area contributed by atoms with Crippen LogP contribution in [0.25, 0.3) is 10.9 Å². The highest BCUT2D eigenvalue weighted by Crippen LogP contribution is 2.23. The fourth-order valence-electron chi connectivity index (χ4n) is 3.58. The van der Waals surface area contributed by atoms with E-state index in [4.69, 9.17) is 9.47 Å². The Morgan fingerprint density at radius 3 is 2.14 bits per heavy atom. The Bertz CT molecular complexity index is 1390. The Kier molecular flexibility index (Phi) is 6.82. The molecule has 3 aromatic carbocycles. The third-order valence-corrected chi connectivity index (χ3v) is 5.66. The number of aryl methyl sites for hydroxylation is 2. The number of aromatic amines is 1. The standard InChI is InChI=1S/C27H25N3O5/c1-16-17(2)28-24-13-6-19(14-23(16)24)27(33)35-15-25(31)29-20-7-4-18(5-8-20)26(32)30-21-9-11-22(34-3)12-10-21/h4-14,28H,15H2,1-3H3,(H,29,31)(H,30,32). The van der Waals surface area contributed by atoms with E-state index in [9.17, 15) is 14.4 Å². The summed E-state index contributed by atoms with van der Waals surface area (Å²) in [6.07, 6.45) is 0. The molecular weight excluding hydrogens is 446 g/mol. The van der Waals surface area contributed by atoms with E-state index in [1.165, 1.54) is 0 Å². The number of amides is 2. The van der Waals surface area contributed by atoms with Crippen LogP contribution in [0.3, 0.4) is 0 Å². The van der Waals surface area contributed by atoms with Gasteiger partial charge in [0, 0.05) is 33.5 Å². The van der Waals surface area contributed by atoms with Crippen LogP contribution in [0.15, 0.2) is 66.7 Å². The van der Waals surface area contributed by atoms with Gasteiger partial charge in [-0.3, -0.25) is 9.59 Å². The van der Waals surface area contributed by atoms with Crippen molar-refractivity contribution in [2.45, 2.75) is 13.8 Å². The first kappa shape index (κ1) is 23.6. The van der Waals surface area contributed by atoms with Gasteiger partial charge in [-0.15, -0.1) is 0 Å². The Labute approximate surface area is 202 Å². The van der Waals surface area contributed by atoms with Crippen LogP contribution in [0.1, 0.15) is 32.0 Å². The van der Waals surface area contributed by atoms with Gasteiger partial charge in [-0.25, -0.2) is 4.79 Å². The molecule has 0 saturated carbocycles. The van der Waals surface area contributed by atoms with Crippen molar-refractivity contribution in [1.29, 1.82) is 0 Å². The first-order valence-electron chi connectivity index (χ1n) is 11.0. The predicted octanol–water partition coefficient (Wildman–Crippen LogP) is 4.84. The Morgan fingerprint density at radius 1 is 0.829 bits per heavy atom. The number of methoxy groups -OCH3 is 1. The Balaban J connectivity index is 1.29. The summed E-state index contributed by atoms with van der Waals surface area (Å²) in [6, 6.07) is 18.6. The molecule has 0 fully saturated rings. The second-order valence-electron chi connectivity index (χ2n) is 8.02. The molecular formula is C27H25N3O5. The molecule has 0 bridgehead atoms. The van der Waals surface area contributed by atoms with Crippen LogP contribution in [-0.2, 0) is 9.53 Å².